The lowest BCUT2D eigenvalue weighted by atomic mass is 10.2. The summed E-state index contributed by atoms with van der Waals surface area (Å²) < 4.78 is 43.7. The molecule has 3 rings (SSSR count). The van der Waals surface area contributed by atoms with Crippen molar-refractivity contribution in [3.63, 3.8) is 0 Å². The van der Waals surface area contributed by atoms with Gasteiger partial charge in [-0.1, -0.05) is 18.2 Å². The molecule has 2 aromatic rings. The van der Waals surface area contributed by atoms with Gasteiger partial charge in [0.15, 0.2) is 0 Å². The second kappa shape index (κ2) is 10.3. The van der Waals surface area contributed by atoms with E-state index in [9.17, 15) is 18.0 Å². The number of benzene rings is 2. The van der Waals surface area contributed by atoms with Crippen LogP contribution >= 0.6 is 0 Å². The van der Waals surface area contributed by atoms with Crippen LogP contribution in [0.25, 0.3) is 0 Å². The Morgan fingerprint density at radius 1 is 1.06 bits per heavy atom. The SMILES string of the molecule is NC(=NCCN1CCOCC1)c1cccc(NC(=O)Nc2cccc(C(F)(F)F)c2)c1. The Morgan fingerprint density at radius 3 is 2.39 bits per heavy atom. The summed E-state index contributed by atoms with van der Waals surface area (Å²) in [6, 6.07) is 10.5. The van der Waals surface area contributed by atoms with Gasteiger partial charge in [0.25, 0.3) is 0 Å². The van der Waals surface area contributed by atoms with Crippen LogP contribution in [0.1, 0.15) is 11.1 Å². The Morgan fingerprint density at radius 2 is 1.71 bits per heavy atom. The fraction of sp³-hybridized carbons (Fsp3) is 0.333. The molecule has 1 fully saturated rings. The molecular weight excluding hydrogens is 411 g/mol. The Kier molecular flexibility index (Phi) is 7.48. The number of halogens is 3. The largest absolute Gasteiger partial charge is 0.416 e. The van der Waals surface area contributed by atoms with Crippen LogP contribution < -0.4 is 16.4 Å². The minimum Gasteiger partial charge on any atom is -0.384 e. The van der Waals surface area contributed by atoms with E-state index in [0.29, 0.717) is 23.6 Å². The van der Waals surface area contributed by atoms with Crippen LogP contribution in [0.5, 0.6) is 0 Å². The molecule has 1 aliphatic rings. The van der Waals surface area contributed by atoms with E-state index >= 15 is 0 Å². The third-order valence-electron chi connectivity index (χ3n) is 4.67. The van der Waals surface area contributed by atoms with Crippen LogP contribution in [-0.4, -0.2) is 56.2 Å². The molecule has 0 aromatic heterocycles. The van der Waals surface area contributed by atoms with Crippen molar-refractivity contribution in [2.24, 2.45) is 10.7 Å². The predicted octanol–water partition coefficient (Wildman–Crippen LogP) is 3.39. The van der Waals surface area contributed by atoms with Gasteiger partial charge < -0.3 is 21.1 Å². The van der Waals surface area contributed by atoms with Gasteiger partial charge in [-0.2, -0.15) is 13.2 Å². The molecule has 2 aromatic carbocycles. The van der Waals surface area contributed by atoms with E-state index in [1.165, 1.54) is 12.1 Å². The number of hydrogen-bond donors (Lipinski definition) is 3. The van der Waals surface area contributed by atoms with Crippen molar-refractivity contribution in [2.75, 3.05) is 50.0 Å². The molecule has 2 amide bonds. The monoisotopic (exact) mass is 435 g/mol. The molecule has 1 heterocycles. The Bertz CT molecular complexity index is 927. The zero-order valence-corrected chi connectivity index (χ0v) is 16.8. The third kappa shape index (κ3) is 6.97. The van der Waals surface area contributed by atoms with Crippen LogP contribution in [0.3, 0.4) is 0 Å². The van der Waals surface area contributed by atoms with Crippen molar-refractivity contribution in [2.45, 2.75) is 6.18 Å². The smallest absolute Gasteiger partial charge is 0.384 e. The third-order valence-corrected chi connectivity index (χ3v) is 4.67. The van der Waals surface area contributed by atoms with Crippen LogP contribution in [0.15, 0.2) is 53.5 Å². The summed E-state index contributed by atoms with van der Waals surface area (Å²) in [5.74, 6) is 0.343. The number of nitrogens with zero attached hydrogens (tertiary/aromatic N) is 2. The quantitative estimate of drug-likeness (QED) is 0.479. The molecule has 166 valence electrons. The maximum atomic E-state index is 12.8. The van der Waals surface area contributed by atoms with Gasteiger partial charge in [-0.05, 0) is 30.3 Å². The molecule has 10 heteroatoms. The van der Waals surface area contributed by atoms with E-state index in [2.05, 4.69) is 20.5 Å². The summed E-state index contributed by atoms with van der Waals surface area (Å²) in [5.41, 5.74) is 6.33. The number of amides is 2. The zero-order chi connectivity index (χ0) is 22.3. The van der Waals surface area contributed by atoms with E-state index in [-0.39, 0.29) is 5.69 Å². The maximum Gasteiger partial charge on any atom is 0.416 e. The zero-order valence-electron chi connectivity index (χ0n) is 16.8. The molecule has 7 nitrogen and oxygen atoms in total. The van der Waals surface area contributed by atoms with Crippen molar-refractivity contribution in [1.29, 1.82) is 0 Å². The van der Waals surface area contributed by atoms with E-state index in [0.717, 1.165) is 45.0 Å². The normalized spacial score (nSPS) is 15.5. The maximum absolute atomic E-state index is 12.8. The predicted molar refractivity (Wildman–Crippen MR) is 113 cm³/mol. The number of hydrogen-bond acceptors (Lipinski definition) is 4. The summed E-state index contributed by atoms with van der Waals surface area (Å²) in [5, 5.41) is 4.98. The van der Waals surface area contributed by atoms with Gasteiger partial charge in [0, 0.05) is 36.6 Å². The molecule has 0 saturated carbocycles. The van der Waals surface area contributed by atoms with Crippen LogP contribution in [0, 0.1) is 0 Å². The standard InChI is InChI=1S/C21H24F3N5O2/c22-21(23,24)16-4-2-6-18(14-16)28-20(30)27-17-5-1-3-15(13-17)19(25)26-7-8-29-9-11-31-12-10-29/h1-6,13-14H,7-12H2,(H2,25,26)(H2,27,28,30). The number of carbonyl (C=O) groups is 1. The molecule has 1 saturated heterocycles. The summed E-state index contributed by atoms with van der Waals surface area (Å²) in [6.07, 6.45) is -4.48. The van der Waals surface area contributed by atoms with E-state index in [1.807, 2.05) is 0 Å². The van der Waals surface area contributed by atoms with Gasteiger partial charge >= 0.3 is 12.2 Å². The van der Waals surface area contributed by atoms with Crippen LogP contribution in [0.2, 0.25) is 0 Å². The number of morpholine rings is 1. The lowest BCUT2D eigenvalue weighted by Gasteiger charge is -2.25. The molecule has 0 aliphatic carbocycles. The highest BCUT2D eigenvalue weighted by Gasteiger charge is 2.30. The highest BCUT2D eigenvalue weighted by atomic mass is 19.4. The van der Waals surface area contributed by atoms with E-state index in [4.69, 9.17) is 10.5 Å². The molecule has 0 unspecified atom stereocenters. The van der Waals surface area contributed by atoms with Crippen LogP contribution in [-0.2, 0) is 10.9 Å². The molecule has 0 atom stereocenters. The summed E-state index contributed by atoms with van der Waals surface area (Å²) >= 11 is 0. The molecule has 31 heavy (non-hydrogen) atoms. The summed E-state index contributed by atoms with van der Waals surface area (Å²) in [6.45, 7) is 4.50. The fourth-order valence-electron chi connectivity index (χ4n) is 3.05. The minimum absolute atomic E-state index is 0.0349. The second-order valence-electron chi connectivity index (χ2n) is 6.96. The highest BCUT2D eigenvalue weighted by Crippen LogP contribution is 2.30. The molecule has 0 spiro atoms. The lowest BCUT2D eigenvalue weighted by molar-refractivity contribution is -0.137. The summed E-state index contributed by atoms with van der Waals surface area (Å²) in [4.78, 5) is 18.8. The number of rotatable bonds is 6. The number of amidine groups is 1. The molecule has 0 bridgehead atoms. The van der Waals surface area contributed by atoms with Gasteiger partial charge in [0.2, 0.25) is 0 Å². The van der Waals surface area contributed by atoms with Gasteiger partial charge in [0.1, 0.15) is 5.84 Å². The fourth-order valence-corrected chi connectivity index (χ4v) is 3.05. The Hall–Kier alpha value is -3.11. The van der Waals surface area contributed by atoms with E-state index < -0.39 is 17.8 Å². The van der Waals surface area contributed by atoms with Gasteiger partial charge in [-0.3, -0.25) is 9.89 Å². The first-order chi connectivity index (χ1) is 14.8. The average Bonchev–Trinajstić information content (AvgIpc) is 2.74. The van der Waals surface area contributed by atoms with E-state index in [1.54, 1.807) is 24.3 Å². The van der Waals surface area contributed by atoms with Crippen molar-refractivity contribution in [1.82, 2.24) is 4.90 Å². The molecule has 0 radical (unpaired) electrons. The molecule has 1 aliphatic heterocycles. The summed E-state index contributed by atoms with van der Waals surface area (Å²) in [7, 11) is 0. The number of anilines is 2. The number of ether oxygens (including phenoxy) is 1. The average molecular weight is 435 g/mol. The first-order valence-electron chi connectivity index (χ1n) is 9.77. The van der Waals surface area contributed by atoms with Crippen molar-refractivity contribution in [3.8, 4) is 0 Å². The number of carbonyl (C=O) groups excluding carboxylic acids is 1. The minimum atomic E-state index is -4.48. The topological polar surface area (TPSA) is 92.0 Å². The first kappa shape index (κ1) is 22.6. The van der Waals surface area contributed by atoms with Gasteiger partial charge in [0.05, 0.1) is 25.3 Å². The number of urea groups is 1. The number of alkyl halides is 3. The number of aliphatic imine (C=N–C) groups is 1. The van der Waals surface area contributed by atoms with Crippen molar-refractivity contribution < 1.29 is 22.7 Å². The lowest BCUT2D eigenvalue weighted by Crippen LogP contribution is -2.38. The number of nitrogens with one attached hydrogen (secondary N) is 2. The van der Waals surface area contributed by atoms with Crippen molar-refractivity contribution in [3.05, 3.63) is 59.7 Å². The van der Waals surface area contributed by atoms with Gasteiger partial charge in [-0.15, -0.1) is 0 Å². The van der Waals surface area contributed by atoms with Crippen molar-refractivity contribution >= 4 is 23.2 Å². The molecular formula is C21H24F3N5O2. The second-order valence-corrected chi connectivity index (χ2v) is 6.96. The Labute approximate surface area is 178 Å². The first-order valence-corrected chi connectivity index (χ1v) is 9.77. The highest BCUT2D eigenvalue weighted by molar-refractivity contribution is 6.02. The number of nitrogens with two attached hydrogens (primary N) is 1. The van der Waals surface area contributed by atoms with Crippen LogP contribution in [0.4, 0.5) is 29.3 Å². The Balaban J connectivity index is 1.57. The molecule has 4 N–H and O–H groups in total. The van der Waals surface area contributed by atoms with Gasteiger partial charge in [-0.25, -0.2) is 4.79 Å².